The fourth-order valence-corrected chi connectivity index (χ4v) is 2.40. The predicted octanol–water partition coefficient (Wildman–Crippen LogP) is 2.76. The first-order valence-electron chi connectivity index (χ1n) is 7.94. The summed E-state index contributed by atoms with van der Waals surface area (Å²) in [5.74, 6) is 0.772. The van der Waals surface area contributed by atoms with E-state index in [0.29, 0.717) is 13.1 Å². The van der Waals surface area contributed by atoms with Gasteiger partial charge in [-0.1, -0.05) is 42.5 Å². The Kier molecular flexibility index (Phi) is 6.63. The molecule has 0 heterocycles. The van der Waals surface area contributed by atoms with E-state index in [1.54, 1.807) is 7.11 Å². The molecule has 2 N–H and O–H groups in total. The number of nitrogens with zero attached hydrogens (tertiary/aromatic N) is 1. The number of ether oxygens (including phenoxy) is 1. The van der Waals surface area contributed by atoms with Gasteiger partial charge in [-0.2, -0.15) is 0 Å². The summed E-state index contributed by atoms with van der Waals surface area (Å²) in [7, 11) is 5.71. The molecule has 0 atom stereocenters. The second-order valence-electron chi connectivity index (χ2n) is 5.90. The molecule has 0 bridgehead atoms. The van der Waals surface area contributed by atoms with Crippen LogP contribution in [0.2, 0.25) is 0 Å². The molecule has 0 aromatic heterocycles. The van der Waals surface area contributed by atoms with Gasteiger partial charge in [-0.3, -0.25) is 0 Å². The highest BCUT2D eigenvalue weighted by atomic mass is 16.5. The van der Waals surface area contributed by atoms with E-state index in [1.165, 1.54) is 5.56 Å². The average Bonchev–Trinajstić information content (AvgIpc) is 2.59. The van der Waals surface area contributed by atoms with Crippen LogP contribution in [0.25, 0.3) is 0 Å². The molecule has 128 valence electrons. The Balaban J connectivity index is 1.78. The summed E-state index contributed by atoms with van der Waals surface area (Å²) < 4.78 is 5.27. The Bertz CT molecular complexity index is 654. The third-order valence-electron chi connectivity index (χ3n) is 3.61. The average molecular weight is 327 g/mol. The number of para-hydroxylation sites is 1. The maximum Gasteiger partial charge on any atom is 0.315 e. The molecule has 5 nitrogen and oxygen atoms in total. The number of rotatable bonds is 7. The van der Waals surface area contributed by atoms with E-state index in [1.807, 2.05) is 50.5 Å². The van der Waals surface area contributed by atoms with Crippen LogP contribution in [0.5, 0.6) is 5.75 Å². The van der Waals surface area contributed by atoms with Gasteiger partial charge in [0, 0.05) is 25.2 Å². The Hall–Kier alpha value is -2.53. The number of urea groups is 1. The summed E-state index contributed by atoms with van der Waals surface area (Å²) in [6.07, 6.45) is 0. The highest BCUT2D eigenvalue weighted by Gasteiger charge is 2.05. The van der Waals surface area contributed by atoms with Gasteiger partial charge in [0.05, 0.1) is 7.11 Å². The molecule has 0 fully saturated rings. The van der Waals surface area contributed by atoms with Crippen LogP contribution < -0.4 is 15.4 Å². The van der Waals surface area contributed by atoms with Gasteiger partial charge in [-0.05, 0) is 31.3 Å². The van der Waals surface area contributed by atoms with E-state index in [2.05, 4.69) is 27.7 Å². The summed E-state index contributed by atoms with van der Waals surface area (Å²) in [6.45, 7) is 1.84. The molecular weight excluding hydrogens is 302 g/mol. The van der Waals surface area contributed by atoms with Gasteiger partial charge in [-0.25, -0.2) is 4.79 Å². The first-order chi connectivity index (χ1) is 11.6. The van der Waals surface area contributed by atoms with Crippen molar-refractivity contribution in [1.82, 2.24) is 15.5 Å². The van der Waals surface area contributed by atoms with Crippen LogP contribution in [0, 0.1) is 0 Å². The topological polar surface area (TPSA) is 53.6 Å². The van der Waals surface area contributed by atoms with Crippen molar-refractivity contribution in [2.24, 2.45) is 0 Å². The van der Waals surface area contributed by atoms with Gasteiger partial charge in [0.1, 0.15) is 5.75 Å². The fraction of sp³-hybridized carbons (Fsp3) is 0.316. The molecule has 2 rings (SSSR count). The van der Waals surface area contributed by atoms with Gasteiger partial charge >= 0.3 is 6.03 Å². The van der Waals surface area contributed by atoms with Gasteiger partial charge in [0.15, 0.2) is 0 Å². The highest BCUT2D eigenvalue weighted by Crippen LogP contribution is 2.16. The van der Waals surface area contributed by atoms with E-state index in [0.717, 1.165) is 23.4 Å². The zero-order valence-corrected chi connectivity index (χ0v) is 14.5. The molecule has 0 unspecified atom stereocenters. The molecule has 0 saturated heterocycles. The van der Waals surface area contributed by atoms with Gasteiger partial charge < -0.3 is 20.3 Å². The smallest absolute Gasteiger partial charge is 0.315 e. The monoisotopic (exact) mass is 327 g/mol. The lowest BCUT2D eigenvalue weighted by atomic mass is 10.1. The lowest BCUT2D eigenvalue weighted by molar-refractivity contribution is 0.240. The first-order valence-corrected chi connectivity index (χ1v) is 7.94. The van der Waals surface area contributed by atoms with Crippen molar-refractivity contribution in [3.8, 4) is 5.75 Å². The van der Waals surface area contributed by atoms with Crippen LogP contribution in [0.3, 0.4) is 0 Å². The molecule has 24 heavy (non-hydrogen) atoms. The maximum atomic E-state index is 11.9. The van der Waals surface area contributed by atoms with Crippen molar-refractivity contribution in [2.75, 3.05) is 21.2 Å². The molecule has 0 saturated carbocycles. The van der Waals surface area contributed by atoms with Gasteiger partial charge in [0.25, 0.3) is 0 Å². The standard InChI is InChI=1S/C19H25N3O2/c1-22(2)14-16-10-8-15(9-11-16)12-20-19(23)21-13-17-6-4-5-7-18(17)24-3/h4-11H,12-14H2,1-3H3,(H2,20,21,23). The van der Waals surface area contributed by atoms with E-state index >= 15 is 0 Å². The van der Waals surface area contributed by atoms with Crippen LogP contribution in [0.1, 0.15) is 16.7 Å². The van der Waals surface area contributed by atoms with Crippen molar-refractivity contribution in [3.05, 3.63) is 65.2 Å². The van der Waals surface area contributed by atoms with Crippen molar-refractivity contribution < 1.29 is 9.53 Å². The number of hydrogen-bond acceptors (Lipinski definition) is 3. The lowest BCUT2D eigenvalue weighted by Gasteiger charge is -2.12. The minimum absolute atomic E-state index is 0.196. The summed E-state index contributed by atoms with van der Waals surface area (Å²) in [5, 5.41) is 5.71. The van der Waals surface area contributed by atoms with Crippen molar-refractivity contribution in [3.63, 3.8) is 0 Å². The second kappa shape index (κ2) is 8.93. The third-order valence-corrected chi connectivity index (χ3v) is 3.61. The molecule has 2 amide bonds. The Morgan fingerprint density at radius 1 is 0.958 bits per heavy atom. The zero-order chi connectivity index (χ0) is 17.4. The molecule has 5 heteroatoms. The zero-order valence-electron chi connectivity index (χ0n) is 14.5. The van der Waals surface area contributed by atoms with Crippen molar-refractivity contribution in [1.29, 1.82) is 0 Å². The van der Waals surface area contributed by atoms with E-state index in [9.17, 15) is 4.79 Å². The minimum Gasteiger partial charge on any atom is -0.496 e. The molecule has 0 aliphatic heterocycles. The SMILES string of the molecule is COc1ccccc1CNC(=O)NCc1ccc(CN(C)C)cc1. The Morgan fingerprint density at radius 2 is 1.58 bits per heavy atom. The number of nitrogens with one attached hydrogen (secondary N) is 2. The molecule has 0 radical (unpaired) electrons. The number of amides is 2. The quantitative estimate of drug-likeness (QED) is 0.822. The molecule has 0 spiro atoms. The predicted molar refractivity (Wildman–Crippen MR) is 95.9 cm³/mol. The molecule has 2 aromatic rings. The van der Waals surface area contributed by atoms with Crippen molar-refractivity contribution >= 4 is 6.03 Å². The Morgan fingerprint density at radius 3 is 2.25 bits per heavy atom. The van der Waals surface area contributed by atoms with Crippen LogP contribution >= 0.6 is 0 Å². The fourth-order valence-electron chi connectivity index (χ4n) is 2.40. The third kappa shape index (κ3) is 5.59. The second-order valence-corrected chi connectivity index (χ2v) is 5.90. The maximum absolute atomic E-state index is 11.9. The van der Waals surface area contributed by atoms with Crippen molar-refractivity contribution in [2.45, 2.75) is 19.6 Å². The van der Waals surface area contributed by atoms with Crippen LogP contribution in [0.4, 0.5) is 4.79 Å². The normalized spacial score (nSPS) is 10.5. The minimum atomic E-state index is -0.196. The molecule has 0 aliphatic carbocycles. The summed E-state index contributed by atoms with van der Waals surface area (Å²) >= 11 is 0. The van der Waals surface area contributed by atoms with Gasteiger partial charge in [0.2, 0.25) is 0 Å². The summed E-state index contributed by atoms with van der Waals surface area (Å²) in [4.78, 5) is 14.1. The molecule has 0 aliphatic rings. The van der Waals surface area contributed by atoms with Crippen LogP contribution in [-0.4, -0.2) is 32.1 Å². The first kappa shape index (κ1) is 17.8. The molecule has 2 aromatic carbocycles. The van der Waals surface area contributed by atoms with Crippen LogP contribution in [-0.2, 0) is 19.6 Å². The number of carbonyl (C=O) groups excluding carboxylic acids is 1. The summed E-state index contributed by atoms with van der Waals surface area (Å²) in [6, 6.07) is 15.7. The number of benzene rings is 2. The summed E-state index contributed by atoms with van der Waals surface area (Å²) in [5.41, 5.74) is 3.28. The number of methoxy groups -OCH3 is 1. The Labute approximate surface area is 143 Å². The number of hydrogen-bond donors (Lipinski definition) is 2. The van der Waals surface area contributed by atoms with E-state index < -0.39 is 0 Å². The van der Waals surface area contributed by atoms with Gasteiger partial charge in [-0.15, -0.1) is 0 Å². The van der Waals surface area contributed by atoms with E-state index in [-0.39, 0.29) is 6.03 Å². The number of carbonyl (C=O) groups is 1. The largest absolute Gasteiger partial charge is 0.496 e. The lowest BCUT2D eigenvalue weighted by Crippen LogP contribution is -2.34. The highest BCUT2D eigenvalue weighted by molar-refractivity contribution is 5.73. The van der Waals surface area contributed by atoms with E-state index in [4.69, 9.17) is 4.74 Å². The van der Waals surface area contributed by atoms with Crippen LogP contribution in [0.15, 0.2) is 48.5 Å². The molecular formula is C19H25N3O2.